The van der Waals surface area contributed by atoms with Crippen LogP contribution in [0.2, 0.25) is 0 Å². The maximum Gasteiger partial charge on any atom is 0.0470 e. The smallest absolute Gasteiger partial charge is 0.0470 e. The number of nitrogens with one attached hydrogen (secondary N) is 1. The second kappa shape index (κ2) is 6.17. The van der Waals surface area contributed by atoms with Crippen molar-refractivity contribution in [2.75, 3.05) is 7.05 Å². The van der Waals surface area contributed by atoms with Gasteiger partial charge < -0.3 is 5.32 Å². The molecule has 3 rings (SSSR count). The molecule has 2 nitrogen and oxygen atoms in total. The lowest BCUT2D eigenvalue weighted by molar-refractivity contribution is -0.0247. The first-order chi connectivity index (χ1) is 9.70. The summed E-state index contributed by atoms with van der Waals surface area (Å²) in [6.45, 7) is 4.79. The van der Waals surface area contributed by atoms with Crippen molar-refractivity contribution in [1.82, 2.24) is 10.2 Å². The van der Waals surface area contributed by atoms with Gasteiger partial charge in [-0.05, 0) is 50.1 Å². The SMILES string of the molecule is CNC1CC2CCCC(C1)N2C(c1cccs1)C(C)C. The normalized spacial score (nSPS) is 32.5. The minimum absolute atomic E-state index is 0.628. The van der Waals surface area contributed by atoms with Crippen molar-refractivity contribution in [3.8, 4) is 0 Å². The van der Waals surface area contributed by atoms with Gasteiger partial charge in [0.1, 0.15) is 0 Å². The van der Waals surface area contributed by atoms with Crippen LogP contribution in [-0.4, -0.2) is 30.1 Å². The fraction of sp³-hybridized carbons (Fsp3) is 0.765. The predicted octanol–water partition coefficient (Wildman–Crippen LogP) is 4.05. The first-order valence-corrected chi connectivity index (χ1v) is 9.06. The molecule has 0 radical (unpaired) electrons. The van der Waals surface area contributed by atoms with Crippen LogP contribution in [0.1, 0.15) is 56.9 Å². The molecule has 0 aromatic carbocycles. The number of piperidine rings is 2. The van der Waals surface area contributed by atoms with Gasteiger partial charge in [0.05, 0.1) is 0 Å². The summed E-state index contributed by atoms with van der Waals surface area (Å²) in [5.41, 5.74) is 0. The summed E-state index contributed by atoms with van der Waals surface area (Å²) in [5.74, 6) is 0.697. The lowest BCUT2D eigenvalue weighted by Gasteiger charge is -2.53. The molecule has 0 aliphatic carbocycles. The third-order valence-corrected chi connectivity index (χ3v) is 6.17. The van der Waals surface area contributed by atoms with E-state index in [4.69, 9.17) is 0 Å². The lowest BCUT2D eigenvalue weighted by Crippen LogP contribution is -2.57. The highest BCUT2D eigenvalue weighted by molar-refractivity contribution is 7.10. The first kappa shape index (κ1) is 14.6. The largest absolute Gasteiger partial charge is 0.317 e. The van der Waals surface area contributed by atoms with Crippen molar-refractivity contribution in [3.63, 3.8) is 0 Å². The molecule has 0 saturated carbocycles. The zero-order valence-electron chi connectivity index (χ0n) is 13.0. The lowest BCUT2D eigenvalue weighted by atomic mass is 9.79. The minimum Gasteiger partial charge on any atom is -0.317 e. The van der Waals surface area contributed by atoms with E-state index in [1.54, 1.807) is 4.88 Å². The second-order valence-electron chi connectivity index (χ2n) is 6.85. The third-order valence-electron chi connectivity index (χ3n) is 5.23. The number of thiophene rings is 1. The van der Waals surface area contributed by atoms with E-state index in [2.05, 4.69) is 48.6 Å². The van der Waals surface area contributed by atoms with Crippen molar-refractivity contribution in [2.24, 2.45) is 5.92 Å². The Morgan fingerprint density at radius 1 is 1.25 bits per heavy atom. The molecule has 2 fully saturated rings. The number of nitrogens with zero attached hydrogens (tertiary/aromatic N) is 1. The maximum absolute atomic E-state index is 3.53. The Hall–Kier alpha value is -0.380. The van der Waals surface area contributed by atoms with E-state index in [0.717, 1.165) is 18.1 Å². The van der Waals surface area contributed by atoms with Gasteiger partial charge in [-0.2, -0.15) is 0 Å². The number of hydrogen-bond donors (Lipinski definition) is 1. The van der Waals surface area contributed by atoms with Gasteiger partial charge in [-0.25, -0.2) is 0 Å². The average molecular weight is 292 g/mol. The molecule has 2 aliphatic rings. The summed E-state index contributed by atoms with van der Waals surface area (Å²) in [4.78, 5) is 4.47. The topological polar surface area (TPSA) is 15.3 Å². The van der Waals surface area contributed by atoms with E-state index in [1.165, 1.54) is 32.1 Å². The quantitative estimate of drug-likeness (QED) is 0.900. The van der Waals surface area contributed by atoms with Crippen LogP contribution < -0.4 is 5.32 Å². The molecule has 0 amide bonds. The molecule has 3 atom stereocenters. The van der Waals surface area contributed by atoms with E-state index in [-0.39, 0.29) is 0 Å². The van der Waals surface area contributed by atoms with Crippen molar-refractivity contribution in [3.05, 3.63) is 22.4 Å². The monoisotopic (exact) mass is 292 g/mol. The molecule has 1 aromatic rings. The van der Waals surface area contributed by atoms with Gasteiger partial charge in [0.2, 0.25) is 0 Å². The molecule has 112 valence electrons. The van der Waals surface area contributed by atoms with E-state index in [1.807, 2.05) is 11.3 Å². The first-order valence-electron chi connectivity index (χ1n) is 8.18. The summed E-state index contributed by atoms with van der Waals surface area (Å²) in [6, 6.07) is 7.49. The molecule has 1 aromatic heterocycles. The zero-order chi connectivity index (χ0) is 14.1. The Morgan fingerprint density at radius 3 is 2.45 bits per heavy atom. The number of hydrogen-bond acceptors (Lipinski definition) is 3. The maximum atomic E-state index is 3.53. The van der Waals surface area contributed by atoms with E-state index < -0.39 is 0 Å². The van der Waals surface area contributed by atoms with Crippen LogP contribution in [0.5, 0.6) is 0 Å². The number of fused-ring (bicyclic) bond motifs is 2. The van der Waals surface area contributed by atoms with Crippen LogP contribution in [0.15, 0.2) is 17.5 Å². The van der Waals surface area contributed by atoms with Gasteiger partial charge in [0.15, 0.2) is 0 Å². The molecule has 0 spiro atoms. The van der Waals surface area contributed by atoms with Crippen LogP contribution in [0.4, 0.5) is 0 Å². The molecule has 3 unspecified atom stereocenters. The predicted molar refractivity (Wildman–Crippen MR) is 87.2 cm³/mol. The Morgan fingerprint density at radius 2 is 1.95 bits per heavy atom. The molecular weight excluding hydrogens is 264 g/mol. The molecule has 1 N–H and O–H groups in total. The van der Waals surface area contributed by atoms with Crippen molar-refractivity contribution in [1.29, 1.82) is 0 Å². The third kappa shape index (κ3) is 2.68. The summed E-state index contributed by atoms with van der Waals surface area (Å²) in [7, 11) is 2.13. The fourth-order valence-corrected chi connectivity index (χ4v) is 5.39. The molecule has 20 heavy (non-hydrogen) atoms. The Balaban J connectivity index is 1.87. The van der Waals surface area contributed by atoms with Gasteiger partial charge in [-0.3, -0.25) is 4.90 Å². The van der Waals surface area contributed by atoms with Crippen LogP contribution in [-0.2, 0) is 0 Å². The Kier molecular flexibility index (Phi) is 4.49. The van der Waals surface area contributed by atoms with Crippen molar-refractivity contribution in [2.45, 2.75) is 70.1 Å². The second-order valence-corrected chi connectivity index (χ2v) is 7.83. The molecule has 3 heterocycles. The molecule has 2 saturated heterocycles. The highest BCUT2D eigenvalue weighted by Crippen LogP contribution is 2.43. The summed E-state index contributed by atoms with van der Waals surface area (Å²) in [6.07, 6.45) is 6.88. The van der Waals surface area contributed by atoms with E-state index in [0.29, 0.717) is 12.0 Å². The van der Waals surface area contributed by atoms with Gasteiger partial charge in [0, 0.05) is 29.0 Å². The number of rotatable bonds is 4. The van der Waals surface area contributed by atoms with Crippen LogP contribution in [0, 0.1) is 5.92 Å². The van der Waals surface area contributed by atoms with Gasteiger partial charge >= 0.3 is 0 Å². The van der Waals surface area contributed by atoms with Crippen molar-refractivity contribution >= 4 is 11.3 Å². The van der Waals surface area contributed by atoms with Gasteiger partial charge in [0.25, 0.3) is 0 Å². The average Bonchev–Trinajstić information content (AvgIpc) is 2.92. The molecule has 3 heteroatoms. The standard InChI is InChI=1S/C17H28N2S/c1-12(2)17(16-8-5-9-20-16)19-14-6-4-7-15(19)11-13(10-14)18-3/h5,8-9,12-15,17-18H,4,6-7,10-11H2,1-3H3. The Labute approximate surface area is 127 Å². The van der Waals surface area contributed by atoms with Crippen LogP contribution in [0.3, 0.4) is 0 Å². The summed E-state index contributed by atoms with van der Waals surface area (Å²) in [5, 5.41) is 5.77. The molecular formula is C17H28N2S. The van der Waals surface area contributed by atoms with Crippen LogP contribution in [0.25, 0.3) is 0 Å². The highest BCUT2D eigenvalue weighted by Gasteiger charge is 2.42. The zero-order valence-corrected chi connectivity index (χ0v) is 13.8. The minimum atomic E-state index is 0.628. The fourth-order valence-electron chi connectivity index (χ4n) is 4.39. The van der Waals surface area contributed by atoms with Crippen molar-refractivity contribution < 1.29 is 0 Å². The molecule has 2 bridgehead atoms. The van der Waals surface area contributed by atoms with Crippen LogP contribution >= 0.6 is 11.3 Å². The van der Waals surface area contributed by atoms with Gasteiger partial charge in [-0.15, -0.1) is 11.3 Å². The van der Waals surface area contributed by atoms with E-state index in [9.17, 15) is 0 Å². The van der Waals surface area contributed by atoms with Gasteiger partial charge in [-0.1, -0.05) is 26.3 Å². The highest BCUT2D eigenvalue weighted by atomic mass is 32.1. The summed E-state index contributed by atoms with van der Waals surface area (Å²) >= 11 is 1.94. The summed E-state index contributed by atoms with van der Waals surface area (Å²) < 4.78 is 0. The Bertz CT molecular complexity index is 401. The molecule has 2 aliphatic heterocycles. The van der Waals surface area contributed by atoms with E-state index >= 15 is 0 Å².